The van der Waals surface area contributed by atoms with Crippen LogP contribution < -0.4 is 11.1 Å². The van der Waals surface area contributed by atoms with Crippen molar-refractivity contribution in [2.75, 3.05) is 16.8 Å². The SMILES string of the molecule is N#Cc1cccc(NC(=O)CSc2cc(N)ccc2Cl)c1. The predicted molar refractivity (Wildman–Crippen MR) is 86.4 cm³/mol. The molecule has 2 aromatic rings. The molecular formula is C15H12ClN3OS. The molecule has 0 aromatic heterocycles. The maximum Gasteiger partial charge on any atom is 0.234 e. The standard InChI is InChI=1S/C15H12ClN3OS/c16-13-5-4-11(18)7-14(13)21-9-15(20)19-12-3-1-2-10(6-12)8-17/h1-7H,9,18H2,(H,19,20). The predicted octanol–water partition coefficient (Wildman–Crippen LogP) is 3.52. The lowest BCUT2D eigenvalue weighted by Crippen LogP contribution is -2.14. The van der Waals surface area contributed by atoms with Crippen molar-refractivity contribution in [2.45, 2.75) is 4.90 Å². The van der Waals surface area contributed by atoms with Gasteiger partial charge in [0.2, 0.25) is 5.91 Å². The number of carbonyl (C=O) groups is 1. The highest BCUT2D eigenvalue weighted by Gasteiger charge is 2.07. The lowest BCUT2D eigenvalue weighted by Gasteiger charge is -2.07. The highest BCUT2D eigenvalue weighted by molar-refractivity contribution is 8.00. The number of carbonyl (C=O) groups excluding carboxylic acids is 1. The van der Waals surface area contributed by atoms with Crippen molar-refractivity contribution in [3.05, 3.63) is 53.1 Å². The van der Waals surface area contributed by atoms with Crippen LogP contribution in [0.25, 0.3) is 0 Å². The van der Waals surface area contributed by atoms with E-state index in [4.69, 9.17) is 22.6 Å². The van der Waals surface area contributed by atoms with Gasteiger partial charge in [-0.1, -0.05) is 17.7 Å². The number of nitrogens with zero attached hydrogens (tertiary/aromatic N) is 1. The Morgan fingerprint density at radius 3 is 2.90 bits per heavy atom. The summed E-state index contributed by atoms with van der Waals surface area (Å²) >= 11 is 7.34. The molecule has 0 saturated carbocycles. The van der Waals surface area contributed by atoms with Gasteiger partial charge in [-0.3, -0.25) is 4.79 Å². The minimum absolute atomic E-state index is 0.173. The van der Waals surface area contributed by atoms with E-state index in [1.54, 1.807) is 42.5 Å². The molecule has 0 aliphatic carbocycles. The first-order valence-electron chi connectivity index (χ1n) is 6.06. The van der Waals surface area contributed by atoms with Crippen molar-refractivity contribution in [1.29, 1.82) is 5.26 Å². The molecule has 0 atom stereocenters. The fourth-order valence-corrected chi connectivity index (χ4v) is 2.70. The number of nitrogen functional groups attached to an aromatic ring is 1. The minimum Gasteiger partial charge on any atom is -0.399 e. The summed E-state index contributed by atoms with van der Waals surface area (Å²) in [6, 6.07) is 13.9. The first-order valence-corrected chi connectivity index (χ1v) is 7.42. The van der Waals surface area contributed by atoms with Crippen LogP contribution in [0.15, 0.2) is 47.4 Å². The Kier molecular flexibility index (Phi) is 5.09. The number of rotatable bonds is 4. The maximum absolute atomic E-state index is 11.9. The Morgan fingerprint density at radius 1 is 1.33 bits per heavy atom. The smallest absolute Gasteiger partial charge is 0.234 e. The molecule has 2 aromatic carbocycles. The molecule has 106 valence electrons. The summed E-state index contributed by atoms with van der Waals surface area (Å²) < 4.78 is 0. The number of anilines is 2. The molecule has 0 fully saturated rings. The number of halogens is 1. The van der Waals surface area contributed by atoms with E-state index in [0.717, 1.165) is 4.90 Å². The van der Waals surface area contributed by atoms with Gasteiger partial charge in [0, 0.05) is 16.3 Å². The molecule has 0 aliphatic heterocycles. The van der Waals surface area contributed by atoms with Gasteiger partial charge in [-0.2, -0.15) is 5.26 Å². The van der Waals surface area contributed by atoms with E-state index < -0.39 is 0 Å². The van der Waals surface area contributed by atoms with Gasteiger partial charge in [0.05, 0.1) is 22.4 Å². The van der Waals surface area contributed by atoms with E-state index in [1.807, 2.05) is 6.07 Å². The zero-order valence-electron chi connectivity index (χ0n) is 11.0. The van der Waals surface area contributed by atoms with E-state index in [0.29, 0.717) is 22.0 Å². The molecule has 0 heterocycles. The summed E-state index contributed by atoms with van der Waals surface area (Å²) in [5.74, 6) is 0.0357. The fourth-order valence-electron chi connectivity index (χ4n) is 1.64. The van der Waals surface area contributed by atoms with Crippen molar-refractivity contribution in [3.8, 4) is 6.07 Å². The lowest BCUT2D eigenvalue weighted by atomic mass is 10.2. The van der Waals surface area contributed by atoms with Gasteiger partial charge in [-0.15, -0.1) is 11.8 Å². The van der Waals surface area contributed by atoms with Crippen molar-refractivity contribution in [3.63, 3.8) is 0 Å². The third-order valence-corrected chi connectivity index (χ3v) is 4.09. The molecule has 2 rings (SSSR count). The van der Waals surface area contributed by atoms with E-state index >= 15 is 0 Å². The van der Waals surface area contributed by atoms with Gasteiger partial charge >= 0.3 is 0 Å². The van der Waals surface area contributed by atoms with Crippen LogP contribution in [0.2, 0.25) is 5.02 Å². The van der Waals surface area contributed by atoms with Crippen LogP contribution in [-0.4, -0.2) is 11.7 Å². The van der Waals surface area contributed by atoms with Crippen LogP contribution in [0.3, 0.4) is 0 Å². The highest BCUT2D eigenvalue weighted by atomic mass is 35.5. The van der Waals surface area contributed by atoms with Crippen molar-refractivity contribution >= 4 is 40.6 Å². The van der Waals surface area contributed by atoms with Crippen LogP contribution in [0.1, 0.15) is 5.56 Å². The molecule has 6 heteroatoms. The normalized spacial score (nSPS) is 9.90. The monoisotopic (exact) mass is 317 g/mol. The average Bonchev–Trinajstić information content (AvgIpc) is 2.48. The Bertz CT molecular complexity index is 712. The summed E-state index contributed by atoms with van der Waals surface area (Å²) in [5.41, 5.74) is 7.38. The summed E-state index contributed by atoms with van der Waals surface area (Å²) in [6.07, 6.45) is 0. The Balaban J connectivity index is 1.96. The first-order chi connectivity index (χ1) is 10.1. The van der Waals surface area contributed by atoms with Crippen LogP contribution in [0.4, 0.5) is 11.4 Å². The van der Waals surface area contributed by atoms with E-state index in [9.17, 15) is 4.79 Å². The lowest BCUT2D eigenvalue weighted by molar-refractivity contribution is -0.113. The summed E-state index contributed by atoms with van der Waals surface area (Å²) in [4.78, 5) is 12.7. The minimum atomic E-state index is -0.173. The van der Waals surface area contributed by atoms with Gasteiger partial charge in [-0.25, -0.2) is 0 Å². The summed E-state index contributed by atoms with van der Waals surface area (Å²) in [6.45, 7) is 0. The number of nitriles is 1. The van der Waals surface area contributed by atoms with Gasteiger partial charge in [0.15, 0.2) is 0 Å². The molecule has 0 aliphatic rings. The van der Waals surface area contributed by atoms with Crippen LogP contribution in [0, 0.1) is 11.3 Å². The summed E-state index contributed by atoms with van der Waals surface area (Å²) in [7, 11) is 0. The number of thioether (sulfide) groups is 1. The Hall–Kier alpha value is -2.16. The molecule has 0 unspecified atom stereocenters. The third-order valence-electron chi connectivity index (χ3n) is 2.59. The molecule has 0 spiro atoms. The fraction of sp³-hybridized carbons (Fsp3) is 0.0667. The second-order valence-corrected chi connectivity index (χ2v) is 5.64. The highest BCUT2D eigenvalue weighted by Crippen LogP contribution is 2.29. The first kappa shape index (κ1) is 15.2. The molecule has 1 amide bonds. The van der Waals surface area contributed by atoms with Crippen LogP contribution >= 0.6 is 23.4 Å². The zero-order chi connectivity index (χ0) is 15.2. The average molecular weight is 318 g/mol. The number of nitrogens with one attached hydrogen (secondary N) is 1. The van der Waals surface area contributed by atoms with Crippen molar-refractivity contribution < 1.29 is 4.79 Å². The van der Waals surface area contributed by atoms with Gasteiger partial charge < -0.3 is 11.1 Å². The summed E-state index contributed by atoms with van der Waals surface area (Å²) in [5, 5.41) is 12.1. The second kappa shape index (κ2) is 7.02. The van der Waals surface area contributed by atoms with E-state index in [1.165, 1.54) is 11.8 Å². The third kappa shape index (κ3) is 4.42. The van der Waals surface area contributed by atoms with Crippen molar-refractivity contribution in [2.24, 2.45) is 0 Å². The number of hydrogen-bond donors (Lipinski definition) is 2. The topological polar surface area (TPSA) is 78.9 Å². The Morgan fingerprint density at radius 2 is 2.14 bits per heavy atom. The molecular weight excluding hydrogens is 306 g/mol. The molecule has 0 saturated heterocycles. The second-order valence-electron chi connectivity index (χ2n) is 4.22. The molecule has 0 radical (unpaired) electrons. The quantitative estimate of drug-likeness (QED) is 0.668. The molecule has 21 heavy (non-hydrogen) atoms. The maximum atomic E-state index is 11.9. The Labute approximate surface area is 131 Å². The van der Waals surface area contributed by atoms with E-state index in [2.05, 4.69) is 5.32 Å². The number of benzene rings is 2. The number of nitrogens with two attached hydrogens (primary N) is 1. The molecule has 3 N–H and O–H groups in total. The van der Waals surface area contributed by atoms with Gasteiger partial charge in [0.25, 0.3) is 0 Å². The van der Waals surface area contributed by atoms with Gasteiger partial charge in [-0.05, 0) is 36.4 Å². The van der Waals surface area contributed by atoms with Crippen LogP contribution in [0.5, 0.6) is 0 Å². The van der Waals surface area contributed by atoms with Crippen LogP contribution in [-0.2, 0) is 4.79 Å². The number of amides is 1. The molecule has 4 nitrogen and oxygen atoms in total. The van der Waals surface area contributed by atoms with E-state index in [-0.39, 0.29) is 11.7 Å². The largest absolute Gasteiger partial charge is 0.399 e. The van der Waals surface area contributed by atoms with Gasteiger partial charge in [0.1, 0.15) is 0 Å². The van der Waals surface area contributed by atoms with Crippen molar-refractivity contribution in [1.82, 2.24) is 0 Å². The zero-order valence-corrected chi connectivity index (χ0v) is 12.5. The molecule has 0 bridgehead atoms. The number of hydrogen-bond acceptors (Lipinski definition) is 4.